The smallest absolute Gasteiger partial charge is 0.259 e. The Hall–Kier alpha value is -1.92. The Bertz CT molecular complexity index is 971. The highest BCUT2D eigenvalue weighted by atomic mass is 32.2. The molecule has 1 aromatic carbocycles. The summed E-state index contributed by atoms with van der Waals surface area (Å²) in [6.07, 6.45) is 0.965. The molecule has 0 bridgehead atoms. The third-order valence-corrected chi connectivity index (χ3v) is 6.29. The monoisotopic (exact) mass is 372 g/mol. The largest absolute Gasteiger partial charge is 0.309 e. The quantitative estimate of drug-likeness (QED) is 0.656. The number of aromatic amines is 1. The Morgan fingerprint density at radius 3 is 2.64 bits per heavy atom. The van der Waals surface area contributed by atoms with Crippen molar-refractivity contribution in [1.82, 2.24) is 9.97 Å². The predicted octanol–water partition coefficient (Wildman–Crippen LogP) is 4.28. The first-order valence-corrected chi connectivity index (χ1v) is 10.2. The van der Waals surface area contributed by atoms with Gasteiger partial charge in [-0.2, -0.15) is 0 Å². The molecule has 0 aliphatic heterocycles. The van der Waals surface area contributed by atoms with Gasteiger partial charge >= 0.3 is 0 Å². The average molecular weight is 373 g/mol. The van der Waals surface area contributed by atoms with Crippen LogP contribution in [0.2, 0.25) is 0 Å². The van der Waals surface area contributed by atoms with Crippen LogP contribution in [0.25, 0.3) is 10.2 Å². The lowest BCUT2D eigenvalue weighted by molar-refractivity contribution is 0.102. The molecule has 130 valence electrons. The zero-order chi connectivity index (χ0) is 18.0. The number of carbonyl (C=O) groups excluding carboxylic acids is 1. The van der Waals surface area contributed by atoms with Gasteiger partial charge in [-0.3, -0.25) is 9.59 Å². The van der Waals surface area contributed by atoms with Crippen LogP contribution in [0.1, 0.15) is 39.1 Å². The Morgan fingerprint density at radius 1 is 1.24 bits per heavy atom. The van der Waals surface area contributed by atoms with E-state index >= 15 is 0 Å². The number of aryl methyl sites for hydroxylation is 3. The van der Waals surface area contributed by atoms with E-state index in [1.165, 1.54) is 28.7 Å². The molecule has 6 heteroatoms. The SMILES string of the molecule is CCc1ccc(C(=O)CSCc2nc3sc(C)c(C)c3c(=O)[nH]2)cc1. The summed E-state index contributed by atoms with van der Waals surface area (Å²) in [5.41, 5.74) is 2.86. The molecule has 0 unspecified atom stereocenters. The van der Waals surface area contributed by atoms with Gasteiger partial charge in [-0.1, -0.05) is 31.2 Å². The maximum atomic E-state index is 12.3. The van der Waals surface area contributed by atoms with Crippen molar-refractivity contribution in [2.24, 2.45) is 0 Å². The second-order valence-corrected chi connectivity index (χ2v) is 8.13. The maximum Gasteiger partial charge on any atom is 0.259 e. The van der Waals surface area contributed by atoms with Gasteiger partial charge in [0.15, 0.2) is 5.78 Å². The predicted molar refractivity (Wildman–Crippen MR) is 106 cm³/mol. The summed E-state index contributed by atoms with van der Waals surface area (Å²) in [6.45, 7) is 6.04. The van der Waals surface area contributed by atoms with Crippen LogP contribution in [0.15, 0.2) is 29.1 Å². The fourth-order valence-electron chi connectivity index (χ4n) is 2.62. The van der Waals surface area contributed by atoms with Crippen molar-refractivity contribution in [3.63, 3.8) is 0 Å². The number of hydrogen-bond donors (Lipinski definition) is 1. The molecule has 4 nitrogen and oxygen atoms in total. The average Bonchev–Trinajstić information content (AvgIpc) is 2.89. The lowest BCUT2D eigenvalue weighted by Gasteiger charge is -2.03. The fraction of sp³-hybridized carbons (Fsp3) is 0.316. The molecule has 25 heavy (non-hydrogen) atoms. The van der Waals surface area contributed by atoms with E-state index in [0.717, 1.165) is 27.3 Å². The third-order valence-electron chi connectivity index (χ3n) is 4.24. The number of Topliss-reactive ketones (excluding diaryl/α,β-unsaturated/α-hetero) is 1. The van der Waals surface area contributed by atoms with E-state index in [9.17, 15) is 9.59 Å². The number of aromatic nitrogens is 2. The molecule has 0 saturated heterocycles. The van der Waals surface area contributed by atoms with Crippen molar-refractivity contribution in [3.8, 4) is 0 Å². The Balaban J connectivity index is 1.66. The number of ketones is 1. The minimum atomic E-state index is -0.0936. The van der Waals surface area contributed by atoms with E-state index in [2.05, 4.69) is 16.9 Å². The molecule has 0 aliphatic carbocycles. The van der Waals surface area contributed by atoms with E-state index < -0.39 is 0 Å². The maximum absolute atomic E-state index is 12.3. The van der Waals surface area contributed by atoms with Gasteiger partial charge in [-0.05, 0) is 31.4 Å². The molecular formula is C19H20N2O2S2. The van der Waals surface area contributed by atoms with Crippen molar-refractivity contribution in [1.29, 1.82) is 0 Å². The number of H-pyrrole nitrogens is 1. The first-order valence-electron chi connectivity index (χ1n) is 8.18. The highest BCUT2D eigenvalue weighted by Crippen LogP contribution is 2.26. The first-order chi connectivity index (χ1) is 12.0. The summed E-state index contributed by atoms with van der Waals surface area (Å²) < 4.78 is 0. The topological polar surface area (TPSA) is 62.8 Å². The number of rotatable bonds is 6. The van der Waals surface area contributed by atoms with Crippen LogP contribution in [0.3, 0.4) is 0 Å². The van der Waals surface area contributed by atoms with E-state index in [-0.39, 0.29) is 11.3 Å². The second kappa shape index (κ2) is 7.54. The summed E-state index contributed by atoms with van der Waals surface area (Å²) in [4.78, 5) is 33.8. The van der Waals surface area contributed by atoms with Crippen molar-refractivity contribution >= 4 is 39.1 Å². The highest BCUT2D eigenvalue weighted by molar-refractivity contribution is 7.99. The molecule has 0 aliphatic rings. The lowest BCUT2D eigenvalue weighted by Crippen LogP contribution is -2.11. The minimum Gasteiger partial charge on any atom is -0.309 e. The number of hydrogen-bond acceptors (Lipinski definition) is 5. The third kappa shape index (κ3) is 3.85. The number of carbonyl (C=O) groups is 1. The van der Waals surface area contributed by atoms with Crippen LogP contribution in [-0.2, 0) is 12.2 Å². The number of nitrogens with one attached hydrogen (secondary N) is 1. The fourth-order valence-corrected chi connectivity index (χ4v) is 4.45. The highest BCUT2D eigenvalue weighted by Gasteiger charge is 2.12. The summed E-state index contributed by atoms with van der Waals surface area (Å²) in [6, 6.07) is 7.74. The van der Waals surface area contributed by atoms with Gasteiger partial charge in [-0.15, -0.1) is 23.1 Å². The van der Waals surface area contributed by atoms with Crippen molar-refractivity contribution in [3.05, 3.63) is 62.0 Å². The van der Waals surface area contributed by atoms with E-state index in [1.54, 1.807) is 0 Å². The molecule has 3 aromatic rings. The van der Waals surface area contributed by atoms with Crippen LogP contribution in [0.5, 0.6) is 0 Å². The van der Waals surface area contributed by atoms with Crippen molar-refractivity contribution in [2.75, 3.05) is 5.75 Å². The molecule has 2 heterocycles. The second-order valence-electron chi connectivity index (χ2n) is 5.94. The van der Waals surface area contributed by atoms with E-state index in [0.29, 0.717) is 22.7 Å². The molecule has 1 N–H and O–H groups in total. The van der Waals surface area contributed by atoms with Crippen LogP contribution >= 0.6 is 23.1 Å². The molecule has 3 rings (SSSR count). The molecule has 0 radical (unpaired) electrons. The molecular weight excluding hydrogens is 352 g/mol. The Labute approximate surface area is 154 Å². The molecule has 2 aromatic heterocycles. The lowest BCUT2D eigenvalue weighted by atomic mass is 10.1. The van der Waals surface area contributed by atoms with Gasteiger partial charge in [0.1, 0.15) is 10.7 Å². The van der Waals surface area contributed by atoms with Gasteiger partial charge in [0, 0.05) is 10.4 Å². The number of thiophene rings is 1. The number of fused-ring (bicyclic) bond motifs is 1. The zero-order valence-electron chi connectivity index (χ0n) is 14.5. The molecule has 0 spiro atoms. The number of thioether (sulfide) groups is 1. The van der Waals surface area contributed by atoms with Crippen LogP contribution < -0.4 is 5.56 Å². The van der Waals surface area contributed by atoms with Crippen molar-refractivity contribution < 1.29 is 4.79 Å². The first kappa shape index (κ1) is 17.9. The van der Waals surface area contributed by atoms with Crippen molar-refractivity contribution in [2.45, 2.75) is 32.9 Å². The van der Waals surface area contributed by atoms with E-state index in [1.807, 2.05) is 38.1 Å². The van der Waals surface area contributed by atoms with Crippen LogP contribution in [-0.4, -0.2) is 21.5 Å². The summed E-state index contributed by atoms with van der Waals surface area (Å²) in [5.74, 6) is 1.60. The standard InChI is InChI=1S/C19H20N2O2S2/c1-4-13-5-7-14(8-6-13)15(22)9-24-10-16-20-18(23)17-11(2)12(3)25-19(17)21-16/h5-8H,4,9-10H2,1-3H3,(H,20,21,23). The number of nitrogens with zero attached hydrogens (tertiary/aromatic N) is 1. The molecule has 0 fully saturated rings. The van der Waals surface area contributed by atoms with Gasteiger partial charge in [-0.25, -0.2) is 4.98 Å². The summed E-state index contributed by atoms with van der Waals surface area (Å²) in [5, 5.41) is 0.684. The Kier molecular flexibility index (Phi) is 5.39. The zero-order valence-corrected chi connectivity index (χ0v) is 16.1. The molecule has 0 atom stereocenters. The van der Waals surface area contributed by atoms with Gasteiger partial charge < -0.3 is 4.98 Å². The van der Waals surface area contributed by atoms with E-state index in [4.69, 9.17) is 0 Å². The van der Waals surface area contributed by atoms with Crippen LogP contribution in [0.4, 0.5) is 0 Å². The van der Waals surface area contributed by atoms with Crippen LogP contribution in [0, 0.1) is 13.8 Å². The molecule has 0 amide bonds. The van der Waals surface area contributed by atoms with Gasteiger partial charge in [0.2, 0.25) is 0 Å². The van der Waals surface area contributed by atoms with Gasteiger partial charge in [0.25, 0.3) is 5.56 Å². The summed E-state index contributed by atoms with van der Waals surface area (Å²) >= 11 is 3.01. The minimum absolute atomic E-state index is 0.0936. The number of benzene rings is 1. The summed E-state index contributed by atoms with van der Waals surface area (Å²) in [7, 11) is 0. The molecule has 0 saturated carbocycles. The van der Waals surface area contributed by atoms with Gasteiger partial charge in [0.05, 0.1) is 16.9 Å². The Morgan fingerprint density at radius 2 is 1.96 bits per heavy atom. The normalized spacial score (nSPS) is 11.2.